The molecule has 0 saturated heterocycles. The second kappa shape index (κ2) is 10.9. The monoisotopic (exact) mass is 260 g/mol. The fourth-order valence-electron chi connectivity index (χ4n) is 1.63. The van der Waals surface area contributed by atoms with E-state index in [0.29, 0.717) is 11.8 Å². The molecule has 0 aromatic carbocycles. The molecule has 0 radical (unpaired) electrons. The molecule has 0 heterocycles. The van der Waals surface area contributed by atoms with Crippen LogP contribution >= 0.6 is 11.8 Å². The van der Waals surface area contributed by atoms with E-state index in [1.807, 2.05) is 18.7 Å². The number of rotatable bonds is 10. The van der Waals surface area contributed by atoms with Gasteiger partial charge in [-0.15, -0.1) is 0 Å². The molecule has 17 heavy (non-hydrogen) atoms. The lowest BCUT2D eigenvalue weighted by molar-refractivity contribution is -0.127. The Morgan fingerprint density at radius 1 is 1.24 bits per heavy atom. The SMILES string of the molecule is CCCNC(CC)CSCC(=O)N(CC)CC. The van der Waals surface area contributed by atoms with Crippen LogP contribution in [-0.4, -0.2) is 48.0 Å². The van der Waals surface area contributed by atoms with E-state index < -0.39 is 0 Å². The normalized spacial score (nSPS) is 12.5. The van der Waals surface area contributed by atoms with Gasteiger partial charge >= 0.3 is 0 Å². The van der Waals surface area contributed by atoms with Crippen LogP contribution in [0.15, 0.2) is 0 Å². The van der Waals surface area contributed by atoms with Crippen LogP contribution in [0.2, 0.25) is 0 Å². The van der Waals surface area contributed by atoms with Gasteiger partial charge in [-0.2, -0.15) is 11.8 Å². The van der Waals surface area contributed by atoms with Crippen molar-refractivity contribution < 1.29 is 4.79 Å². The van der Waals surface area contributed by atoms with Crippen molar-refractivity contribution in [2.24, 2.45) is 0 Å². The van der Waals surface area contributed by atoms with Gasteiger partial charge in [-0.25, -0.2) is 0 Å². The first-order chi connectivity index (χ1) is 8.19. The first-order valence-electron chi connectivity index (χ1n) is 6.78. The zero-order chi connectivity index (χ0) is 13.1. The molecule has 0 bridgehead atoms. The van der Waals surface area contributed by atoms with Crippen LogP contribution in [-0.2, 0) is 4.79 Å². The van der Waals surface area contributed by atoms with Crippen LogP contribution in [0.3, 0.4) is 0 Å². The fourth-order valence-corrected chi connectivity index (χ4v) is 2.74. The second-order valence-corrected chi connectivity index (χ2v) is 5.17. The second-order valence-electron chi connectivity index (χ2n) is 4.14. The average Bonchev–Trinajstić information content (AvgIpc) is 2.35. The van der Waals surface area contributed by atoms with Crippen molar-refractivity contribution in [1.29, 1.82) is 0 Å². The molecule has 1 atom stereocenters. The Morgan fingerprint density at radius 3 is 2.35 bits per heavy atom. The van der Waals surface area contributed by atoms with E-state index in [0.717, 1.165) is 31.8 Å². The van der Waals surface area contributed by atoms with Crippen molar-refractivity contribution in [3.63, 3.8) is 0 Å². The van der Waals surface area contributed by atoms with Crippen LogP contribution in [0.25, 0.3) is 0 Å². The van der Waals surface area contributed by atoms with Crippen molar-refractivity contribution in [3.8, 4) is 0 Å². The van der Waals surface area contributed by atoms with Gasteiger partial charge in [0.15, 0.2) is 0 Å². The molecule has 102 valence electrons. The van der Waals surface area contributed by atoms with Crippen LogP contribution in [0.1, 0.15) is 40.5 Å². The quantitative estimate of drug-likeness (QED) is 0.654. The molecular formula is C13H28N2OS. The summed E-state index contributed by atoms with van der Waals surface area (Å²) in [4.78, 5) is 13.7. The summed E-state index contributed by atoms with van der Waals surface area (Å²) in [5.74, 6) is 1.92. The van der Waals surface area contributed by atoms with Gasteiger partial charge in [0, 0.05) is 24.9 Å². The molecule has 0 rings (SSSR count). The number of carbonyl (C=O) groups excluding carboxylic acids is 1. The third-order valence-electron chi connectivity index (χ3n) is 2.84. The van der Waals surface area contributed by atoms with Crippen molar-refractivity contribution in [2.75, 3.05) is 31.1 Å². The number of hydrogen-bond acceptors (Lipinski definition) is 3. The summed E-state index contributed by atoms with van der Waals surface area (Å²) in [6.07, 6.45) is 2.30. The lowest BCUT2D eigenvalue weighted by Gasteiger charge is -2.20. The highest BCUT2D eigenvalue weighted by Gasteiger charge is 2.11. The summed E-state index contributed by atoms with van der Waals surface area (Å²) in [6.45, 7) is 11.1. The number of nitrogens with zero attached hydrogens (tertiary/aromatic N) is 1. The van der Waals surface area contributed by atoms with Crippen LogP contribution < -0.4 is 5.32 Å². The number of carbonyl (C=O) groups is 1. The summed E-state index contributed by atoms with van der Waals surface area (Å²) < 4.78 is 0. The maximum absolute atomic E-state index is 11.8. The molecule has 0 fully saturated rings. The predicted molar refractivity (Wildman–Crippen MR) is 77.6 cm³/mol. The minimum atomic E-state index is 0.269. The smallest absolute Gasteiger partial charge is 0.232 e. The summed E-state index contributed by atoms with van der Waals surface area (Å²) in [5, 5.41) is 3.50. The Balaban J connectivity index is 3.76. The molecule has 1 amide bonds. The lowest BCUT2D eigenvalue weighted by atomic mass is 10.2. The van der Waals surface area contributed by atoms with E-state index in [9.17, 15) is 4.79 Å². The van der Waals surface area contributed by atoms with Gasteiger partial charge in [0.25, 0.3) is 0 Å². The first-order valence-corrected chi connectivity index (χ1v) is 7.93. The van der Waals surface area contributed by atoms with Crippen LogP contribution in [0.4, 0.5) is 0 Å². The maximum atomic E-state index is 11.8. The first kappa shape index (κ1) is 16.8. The van der Waals surface area contributed by atoms with Gasteiger partial charge in [0.2, 0.25) is 5.91 Å². The van der Waals surface area contributed by atoms with E-state index in [2.05, 4.69) is 19.2 Å². The van der Waals surface area contributed by atoms with E-state index >= 15 is 0 Å². The standard InChI is InChI=1S/C13H28N2OS/c1-5-9-14-12(6-2)10-17-11-13(16)15(7-3)8-4/h12,14H,5-11H2,1-4H3. The predicted octanol–water partition coefficient (Wildman–Crippen LogP) is 2.37. The van der Waals surface area contributed by atoms with Gasteiger partial charge in [-0.3, -0.25) is 4.79 Å². The Labute approximate surface area is 111 Å². The van der Waals surface area contributed by atoms with Gasteiger partial charge < -0.3 is 10.2 Å². The van der Waals surface area contributed by atoms with Gasteiger partial charge in [-0.05, 0) is 33.2 Å². The zero-order valence-corrected chi connectivity index (χ0v) is 12.6. The molecule has 0 aliphatic heterocycles. The van der Waals surface area contributed by atoms with E-state index in [-0.39, 0.29) is 5.91 Å². The summed E-state index contributed by atoms with van der Waals surface area (Å²) in [6, 6.07) is 0.546. The van der Waals surface area contributed by atoms with E-state index in [4.69, 9.17) is 0 Å². The Hall–Kier alpha value is -0.220. The van der Waals surface area contributed by atoms with Crippen LogP contribution in [0, 0.1) is 0 Å². The Kier molecular flexibility index (Phi) is 10.8. The highest BCUT2D eigenvalue weighted by molar-refractivity contribution is 7.99. The maximum Gasteiger partial charge on any atom is 0.232 e. The molecular weight excluding hydrogens is 232 g/mol. The molecule has 0 aliphatic carbocycles. The van der Waals surface area contributed by atoms with Gasteiger partial charge in [-0.1, -0.05) is 13.8 Å². The highest BCUT2D eigenvalue weighted by Crippen LogP contribution is 2.07. The van der Waals surface area contributed by atoms with Crippen molar-refractivity contribution in [3.05, 3.63) is 0 Å². The van der Waals surface area contributed by atoms with E-state index in [1.54, 1.807) is 11.8 Å². The Bertz CT molecular complexity index is 196. The largest absolute Gasteiger partial charge is 0.343 e. The average molecular weight is 260 g/mol. The number of thioether (sulfide) groups is 1. The molecule has 3 nitrogen and oxygen atoms in total. The van der Waals surface area contributed by atoms with Gasteiger partial charge in [0.1, 0.15) is 0 Å². The van der Waals surface area contributed by atoms with Crippen molar-refractivity contribution >= 4 is 17.7 Å². The Morgan fingerprint density at radius 2 is 1.88 bits per heavy atom. The minimum Gasteiger partial charge on any atom is -0.343 e. The fraction of sp³-hybridized carbons (Fsp3) is 0.923. The summed E-state index contributed by atoms with van der Waals surface area (Å²) in [7, 11) is 0. The molecule has 0 aliphatic rings. The molecule has 0 spiro atoms. The number of nitrogens with one attached hydrogen (secondary N) is 1. The third kappa shape index (κ3) is 7.66. The summed E-state index contributed by atoms with van der Waals surface area (Å²) in [5.41, 5.74) is 0. The molecule has 1 unspecified atom stereocenters. The number of amides is 1. The van der Waals surface area contributed by atoms with Crippen molar-refractivity contribution in [1.82, 2.24) is 10.2 Å². The molecule has 4 heteroatoms. The highest BCUT2D eigenvalue weighted by atomic mass is 32.2. The number of hydrogen-bond donors (Lipinski definition) is 1. The minimum absolute atomic E-state index is 0.269. The van der Waals surface area contributed by atoms with Gasteiger partial charge in [0.05, 0.1) is 5.75 Å². The molecule has 1 N–H and O–H groups in total. The molecule has 0 aromatic rings. The molecule has 0 aromatic heterocycles. The summed E-state index contributed by atoms with van der Waals surface area (Å²) >= 11 is 1.75. The molecule has 0 saturated carbocycles. The third-order valence-corrected chi connectivity index (χ3v) is 3.93. The van der Waals surface area contributed by atoms with Crippen LogP contribution in [0.5, 0.6) is 0 Å². The van der Waals surface area contributed by atoms with E-state index in [1.165, 1.54) is 6.42 Å². The topological polar surface area (TPSA) is 32.3 Å². The zero-order valence-electron chi connectivity index (χ0n) is 11.8. The lowest BCUT2D eigenvalue weighted by Crippen LogP contribution is -2.34. The van der Waals surface area contributed by atoms with Crippen molar-refractivity contribution in [2.45, 2.75) is 46.6 Å².